The molecule has 1 amide bonds. The van der Waals surface area contributed by atoms with Crippen LogP contribution in [0.3, 0.4) is 0 Å². The zero-order valence-corrected chi connectivity index (χ0v) is 14.0. The first-order valence-electron chi connectivity index (χ1n) is 7.87. The number of rotatable bonds is 4. The smallest absolute Gasteiger partial charge is 0.272 e. The van der Waals surface area contributed by atoms with Crippen LogP contribution in [-0.4, -0.2) is 39.7 Å². The van der Waals surface area contributed by atoms with Crippen molar-refractivity contribution >= 4 is 17.5 Å². The second-order valence-electron chi connectivity index (χ2n) is 6.05. The van der Waals surface area contributed by atoms with Crippen molar-refractivity contribution in [3.63, 3.8) is 0 Å². The lowest BCUT2D eigenvalue weighted by Gasteiger charge is -2.33. The Balaban J connectivity index is 1.56. The van der Waals surface area contributed by atoms with Crippen LogP contribution in [0.15, 0.2) is 36.5 Å². The standard InChI is InChI=1S/C17H21ClN4O/c1-21-9-7-16(20-21)17(23)19-15-6-3-8-22(12-15)11-13-4-2-5-14(18)10-13/h2,4-5,7,9-10,15H,3,6,8,11-12H2,1H3,(H,19,23). The largest absolute Gasteiger partial charge is 0.347 e. The molecule has 1 saturated heterocycles. The summed E-state index contributed by atoms with van der Waals surface area (Å²) >= 11 is 6.05. The van der Waals surface area contributed by atoms with E-state index in [9.17, 15) is 4.79 Å². The second kappa shape index (κ2) is 7.15. The van der Waals surface area contributed by atoms with Gasteiger partial charge in [-0.1, -0.05) is 23.7 Å². The summed E-state index contributed by atoms with van der Waals surface area (Å²) in [6, 6.07) is 9.85. The van der Waals surface area contributed by atoms with Crippen LogP contribution < -0.4 is 5.32 Å². The number of carbonyl (C=O) groups is 1. The highest BCUT2D eigenvalue weighted by molar-refractivity contribution is 6.30. The van der Waals surface area contributed by atoms with Gasteiger partial charge in [-0.15, -0.1) is 0 Å². The van der Waals surface area contributed by atoms with E-state index in [0.717, 1.165) is 37.5 Å². The third-order valence-corrected chi connectivity index (χ3v) is 4.32. The summed E-state index contributed by atoms with van der Waals surface area (Å²) in [5.41, 5.74) is 1.67. The van der Waals surface area contributed by atoms with Crippen LogP contribution in [0.1, 0.15) is 28.9 Å². The number of aryl methyl sites for hydroxylation is 1. The van der Waals surface area contributed by atoms with Crippen LogP contribution in [0.25, 0.3) is 0 Å². The molecule has 1 unspecified atom stereocenters. The monoisotopic (exact) mass is 332 g/mol. The minimum atomic E-state index is -0.0970. The molecule has 0 radical (unpaired) electrons. The summed E-state index contributed by atoms with van der Waals surface area (Å²) in [7, 11) is 1.81. The minimum absolute atomic E-state index is 0.0970. The molecule has 2 heterocycles. The number of hydrogen-bond acceptors (Lipinski definition) is 3. The number of carbonyl (C=O) groups excluding carboxylic acids is 1. The van der Waals surface area contributed by atoms with E-state index >= 15 is 0 Å². The van der Waals surface area contributed by atoms with Gasteiger partial charge in [-0.05, 0) is 43.1 Å². The molecule has 0 aliphatic carbocycles. The SMILES string of the molecule is Cn1ccc(C(=O)NC2CCCN(Cc3cccc(Cl)c3)C2)n1. The normalized spacial score (nSPS) is 18.8. The summed E-state index contributed by atoms with van der Waals surface area (Å²) in [6.07, 6.45) is 3.86. The number of nitrogens with one attached hydrogen (secondary N) is 1. The predicted octanol–water partition coefficient (Wildman–Crippen LogP) is 2.47. The summed E-state index contributed by atoms with van der Waals surface area (Å²) in [4.78, 5) is 14.6. The van der Waals surface area contributed by atoms with E-state index in [-0.39, 0.29) is 11.9 Å². The number of halogens is 1. The van der Waals surface area contributed by atoms with E-state index in [1.807, 2.05) is 25.2 Å². The molecule has 23 heavy (non-hydrogen) atoms. The molecule has 3 rings (SSSR count). The highest BCUT2D eigenvalue weighted by Gasteiger charge is 2.22. The first-order chi connectivity index (χ1) is 11.1. The lowest BCUT2D eigenvalue weighted by molar-refractivity contribution is 0.0895. The fourth-order valence-electron chi connectivity index (χ4n) is 3.01. The van der Waals surface area contributed by atoms with Crippen molar-refractivity contribution in [2.45, 2.75) is 25.4 Å². The summed E-state index contributed by atoms with van der Waals surface area (Å²) in [5, 5.41) is 8.01. The lowest BCUT2D eigenvalue weighted by atomic mass is 10.0. The lowest BCUT2D eigenvalue weighted by Crippen LogP contribution is -2.47. The van der Waals surface area contributed by atoms with Crippen molar-refractivity contribution in [1.82, 2.24) is 20.0 Å². The molecule has 1 aliphatic heterocycles. The van der Waals surface area contributed by atoms with E-state index in [1.165, 1.54) is 5.56 Å². The van der Waals surface area contributed by atoms with E-state index in [0.29, 0.717) is 5.69 Å². The molecular formula is C17H21ClN4O. The van der Waals surface area contributed by atoms with Crippen molar-refractivity contribution < 1.29 is 4.79 Å². The van der Waals surface area contributed by atoms with Gasteiger partial charge in [0.05, 0.1) is 0 Å². The van der Waals surface area contributed by atoms with Gasteiger partial charge in [0.1, 0.15) is 5.69 Å². The van der Waals surface area contributed by atoms with Crippen molar-refractivity contribution in [2.75, 3.05) is 13.1 Å². The first kappa shape index (κ1) is 16.0. The van der Waals surface area contributed by atoms with Gasteiger partial charge in [0, 0.05) is 37.4 Å². The maximum Gasteiger partial charge on any atom is 0.272 e. The third-order valence-electron chi connectivity index (χ3n) is 4.08. The molecule has 0 saturated carbocycles. The van der Waals surface area contributed by atoms with Gasteiger partial charge in [0.2, 0.25) is 0 Å². The molecule has 1 N–H and O–H groups in total. The Morgan fingerprint density at radius 1 is 1.43 bits per heavy atom. The van der Waals surface area contributed by atoms with Crippen molar-refractivity contribution in [1.29, 1.82) is 0 Å². The topological polar surface area (TPSA) is 50.2 Å². The highest BCUT2D eigenvalue weighted by Crippen LogP contribution is 2.16. The highest BCUT2D eigenvalue weighted by atomic mass is 35.5. The van der Waals surface area contributed by atoms with E-state index < -0.39 is 0 Å². The Morgan fingerprint density at radius 2 is 2.30 bits per heavy atom. The summed E-state index contributed by atoms with van der Waals surface area (Å²) in [6.45, 7) is 2.75. The Bertz CT molecular complexity index is 685. The molecule has 1 aliphatic rings. The Morgan fingerprint density at radius 3 is 3.04 bits per heavy atom. The van der Waals surface area contributed by atoms with Crippen LogP contribution in [0.5, 0.6) is 0 Å². The minimum Gasteiger partial charge on any atom is -0.347 e. The van der Waals surface area contributed by atoms with Crippen LogP contribution in [-0.2, 0) is 13.6 Å². The van der Waals surface area contributed by atoms with E-state index in [2.05, 4.69) is 21.4 Å². The molecule has 1 aromatic heterocycles. The Labute approximate surface area is 141 Å². The molecule has 1 aromatic carbocycles. The quantitative estimate of drug-likeness (QED) is 0.935. The number of aromatic nitrogens is 2. The van der Waals surface area contributed by atoms with Gasteiger partial charge < -0.3 is 5.32 Å². The molecular weight excluding hydrogens is 312 g/mol. The van der Waals surface area contributed by atoms with Crippen molar-refractivity contribution in [3.05, 3.63) is 52.8 Å². The Hall–Kier alpha value is -1.85. The number of nitrogens with zero attached hydrogens (tertiary/aromatic N) is 3. The van der Waals surface area contributed by atoms with E-state index in [1.54, 1.807) is 16.9 Å². The number of piperidine rings is 1. The van der Waals surface area contributed by atoms with Crippen molar-refractivity contribution in [3.8, 4) is 0 Å². The summed E-state index contributed by atoms with van der Waals surface area (Å²) < 4.78 is 1.64. The van der Waals surface area contributed by atoms with Gasteiger partial charge >= 0.3 is 0 Å². The number of benzene rings is 1. The molecule has 6 heteroatoms. The average Bonchev–Trinajstić information content (AvgIpc) is 2.94. The van der Waals surface area contributed by atoms with Gasteiger partial charge in [0.15, 0.2) is 0 Å². The predicted molar refractivity (Wildman–Crippen MR) is 90.4 cm³/mol. The van der Waals surface area contributed by atoms with Gasteiger partial charge in [0.25, 0.3) is 5.91 Å². The number of likely N-dealkylation sites (tertiary alicyclic amines) is 1. The molecule has 5 nitrogen and oxygen atoms in total. The molecule has 1 fully saturated rings. The molecule has 1 atom stereocenters. The van der Waals surface area contributed by atoms with Crippen LogP contribution in [0.2, 0.25) is 5.02 Å². The Kier molecular flexibility index (Phi) is 4.98. The maximum atomic E-state index is 12.2. The van der Waals surface area contributed by atoms with Crippen molar-refractivity contribution in [2.24, 2.45) is 7.05 Å². The summed E-state index contributed by atoms with van der Waals surface area (Å²) in [5.74, 6) is -0.0970. The van der Waals surface area contributed by atoms with Gasteiger partial charge in [-0.2, -0.15) is 5.10 Å². The van der Waals surface area contributed by atoms with Gasteiger partial charge in [-0.25, -0.2) is 0 Å². The molecule has 2 aromatic rings. The van der Waals surface area contributed by atoms with Crippen LogP contribution >= 0.6 is 11.6 Å². The maximum absolute atomic E-state index is 12.2. The zero-order valence-electron chi connectivity index (χ0n) is 13.2. The number of amides is 1. The molecule has 0 bridgehead atoms. The van der Waals surface area contributed by atoms with E-state index in [4.69, 9.17) is 11.6 Å². The number of hydrogen-bond donors (Lipinski definition) is 1. The zero-order chi connectivity index (χ0) is 16.2. The average molecular weight is 333 g/mol. The second-order valence-corrected chi connectivity index (χ2v) is 6.49. The van der Waals surface area contributed by atoms with Crippen LogP contribution in [0, 0.1) is 0 Å². The third kappa shape index (κ3) is 4.33. The van der Waals surface area contributed by atoms with Crippen LogP contribution in [0.4, 0.5) is 0 Å². The molecule has 0 spiro atoms. The fraction of sp³-hybridized carbons (Fsp3) is 0.412. The fourth-order valence-corrected chi connectivity index (χ4v) is 3.22. The molecule has 122 valence electrons. The van der Waals surface area contributed by atoms with Gasteiger partial charge in [-0.3, -0.25) is 14.4 Å². The first-order valence-corrected chi connectivity index (χ1v) is 8.25.